The van der Waals surface area contributed by atoms with Gasteiger partial charge in [-0.2, -0.15) is 0 Å². The number of nitrogens with zero attached hydrogens (tertiary/aromatic N) is 6. The molecular formula is C29H35N7O3. The van der Waals surface area contributed by atoms with Crippen LogP contribution in [0.25, 0.3) is 10.9 Å². The van der Waals surface area contributed by atoms with Crippen LogP contribution in [0.2, 0.25) is 0 Å². The average molecular weight is 530 g/mol. The zero-order chi connectivity index (χ0) is 26.9. The Morgan fingerprint density at radius 3 is 2.72 bits per heavy atom. The number of piperazine rings is 1. The van der Waals surface area contributed by atoms with Crippen molar-refractivity contribution in [3.8, 4) is 5.75 Å². The summed E-state index contributed by atoms with van der Waals surface area (Å²) in [5, 5.41) is 13.8. The first-order valence-electron chi connectivity index (χ1n) is 13.6. The van der Waals surface area contributed by atoms with Gasteiger partial charge in [0.05, 0.1) is 25.3 Å². The van der Waals surface area contributed by atoms with Gasteiger partial charge in [0.2, 0.25) is 0 Å². The lowest BCUT2D eigenvalue weighted by Gasteiger charge is -2.40. The summed E-state index contributed by atoms with van der Waals surface area (Å²) in [7, 11) is 1.62. The lowest BCUT2D eigenvalue weighted by Crippen LogP contribution is -2.49. The van der Waals surface area contributed by atoms with Gasteiger partial charge in [-0.15, -0.1) is 5.10 Å². The molecule has 2 aromatic carbocycles. The maximum absolute atomic E-state index is 13.6. The van der Waals surface area contributed by atoms with E-state index in [0.717, 1.165) is 56.5 Å². The van der Waals surface area contributed by atoms with Crippen LogP contribution in [0.3, 0.4) is 0 Å². The average Bonchev–Trinajstić information content (AvgIpc) is 3.63. The Morgan fingerprint density at radius 1 is 1.10 bits per heavy atom. The molecule has 2 atom stereocenters. The topological polar surface area (TPSA) is 101 Å². The number of aromatic amines is 1. The summed E-state index contributed by atoms with van der Waals surface area (Å²) in [5.74, 6) is 1.37. The van der Waals surface area contributed by atoms with Crippen molar-refractivity contribution in [2.24, 2.45) is 0 Å². The van der Waals surface area contributed by atoms with Crippen molar-refractivity contribution in [3.05, 3.63) is 75.3 Å². The quantitative estimate of drug-likeness (QED) is 0.390. The molecule has 4 aromatic rings. The smallest absolute Gasteiger partial charge is 0.253 e. The molecule has 2 aliphatic rings. The van der Waals surface area contributed by atoms with Crippen molar-refractivity contribution in [1.82, 2.24) is 30.1 Å². The fourth-order valence-electron chi connectivity index (χ4n) is 5.83. The van der Waals surface area contributed by atoms with Crippen LogP contribution in [0, 0.1) is 13.8 Å². The van der Waals surface area contributed by atoms with Gasteiger partial charge in [0, 0.05) is 50.1 Å². The zero-order valence-corrected chi connectivity index (χ0v) is 22.8. The van der Waals surface area contributed by atoms with Crippen molar-refractivity contribution < 1.29 is 9.47 Å². The molecule has 0 unspecified atom stereocenters. The van der Waals surface area contributed by atoms with E-state index in [0.29, 0.717) is 23.7 Å². The Bertz CT molecular complexity index is 1520. The number of ether oxygens (including phenoxy) is 2. The van der Waals surface area contributed by atoms with Gasteiger partial charge in [-0.3, -0.25) is 9.69 Å². The Hall–Kier alpha value is -3.76. The van der Waals surface area contributed by atoms with Gasteiger partial charge in [0.1, 0.15) is 11.8 Å². The fraction of sp³-hybridized carbons (Fsp3) is 0.448. The zero-order valence-electron chi connectivity index (χ0n) is 22.8. The third kappa shape index (κ3) is 5.14. The monoisotopic (exact) mass is 529 g/mol. The summed E-state index contributed by atoms with van der Waals surface area (Å²) in [6, 6.07) is 13.9. The fourth-order valence-corrected chi connectivity index (χ4v) is 5.83. The number of benzene rings is 2. The largest absolute Gasteiger partial charge is 0.497 e. The molecule has 2 fully saturated rings. The molecule has 10 heteroatoms. The lowest BCUT2D eigenvalue weighted by atomic mass is 10.0. The van der Waals surface area contributed by atoms with Crippen LogP contribution in [0.4, 0.5) is 5.69 Å². The van der Waals surface area contributed by atoms with E-state index < -0.39 is 6.04 Å². The molecule has 0 spiro atoms. The van der Waals surface area contributed by atoms with Gasteiger partial charge < -0.3 is 19.4 Å². The second kappa shape index (κ2) is 10.8. The van der Waals surface area contributed by atoms with E-state index in [-0.39, 0.29) is 11.7 Å². The molecule has 204 valence electrons. The SMILES string of the molecule is COc1ccc2cc([C@H](c3nnnn3C[C@H]3CCCO3)N3CCN(c4cc(C)ccc4C)CC3)c(=O)[nH]c2c1. The highest BCUT2D eigenvalue weighted by Gasteiger charge is 2.34. The highest BCUT2D eigenvalue weighted by Crippen LogP contribution is 2.31. The normalized spacial score (nSPS) is 19.1. The molecular weight excluding hydrogens is 494 g/mol. The summed E-state index contributed by atoms with van der Waals surface area (Å²) in [6.45, 7) is 8.85. The van der Waals surface area contributed by atoms with E-state index in [9.17, 15) is 4.79 Å². The highest BCUT2D eigenvalue weighted by molar-refractivity contribution is 5.80. The second-order valence-corrected chi connectivity index (χ2v) is 10.6. The van der Waals surface area contributed by atoms with E-state index in [2.05, 4.69) is 62.4 Å². The minimum atomic E-state index is -0.391. The van der Waals surface area contributed by atoms with E-state index in [1.807, 2.05) is 28.9 Å². The molecule has 6 rings (SSSR count). The Labute approximate surface area is 227 Å². The van der Waals surface area contributed by atoms with Crippen LogP contribution in [0.1, 0.15) is 41.4 Å². The van der Waals surface area contributed by atoms with E-state index >= 15 is 0 Å². The number of pyridine rings is 1. The third-order valence-electron chi connectivity index (χ3n) is 7.97. The van der Waals surface area contributed by atoms with Crippen LogP contribution in [0.15, 0.2) is 47.3 Å². The van der Waals surface area contributed by atoms with Crippen LogP contribution in [-0.4, -0.2) is 76.1 Å². The molecule has 1 N–H and O–H groups in total. The number of aryl methyl sites for hydroxylation is 2. The minimum Gasteiger partial charge on any atom is -0.497 e. The maximum Gasteiger partial charge on any atom is 0.253 e. The van der Waals surface area contributed by atoms with Gasteiger partial charge in [-0.25, -0.2) is 4.68 Å². The Kier molecular flexibility index (Phi) is 7.05. The van der Waals surface area contributed by atoms with Gasteiger partial charge in [-0.05, 0) is 77.9 Å². The Balaban J connectivity index is 1.36. The van der Waals surface area contributed by atoms with Crippen molar-refractivity contribution in [3.63, 3.8) is 0 Å². The molecule has 0 aliphatic carbocycles. The first kappa shape index (κ1) is 25.5. The molecule has 0 saturated carbocycles. The number of H-pyrrole nitrogens is 1. The third-order valence-corrected chi connectivity index (χ3v) is 7.97. The highest BCUT2D eigenvalue weighted by atomic mass is 16.5. The van der Waals surface area contributed by atoms with Gasteiger partial charge in [0.25, 0.3) is 5.56 Å². The van der Waals surface area contributed by atoms with Gasteiger partial charge in [0.15, 0.2) is 5.82 Å². The molecule has 2 aliphatic heterocycles. The van der Waals surface area contributed by atoms with Crippen molar-refractivity contribution in [1.29, 1.82) is 0 Å². The van der Waals surface area contributed by atoms with Crippen LogP contribution < -0.4 is 15.2 Å². The summed E-state index contributed by atoms with van der Waals surface area (Å²) >= 11 is 0. The van der Waals surface area contributed by atoms with E-state index in [1.165, 1.54) is 16.8 Å². The molecule has 0 amide bonds. The number of methoxy groups -OCH3 is 1. The maximum atomic E-state index is 13.6. The summed E-state index contributed by atoms with van der Waals surface area (Å²) in [5.41, 5.74) is 5.02. The number of rotatable bonds is 7. The van der Waals surface area contributed by atoms with Crippen LogP contribution in [0.5, 0.6) is 5.75 Å². The molecule has 0 radical (unpaired) electrons. The molecule has 39 heavy (non-hydrogen) atoms. The number of fused-ring (bicyclic) bond motifs is 1. The van der Waals surface area contributed by atoms with Crippen LogP contribution in [-0.2, 0) is 11.3 Å². The molecule has 10 nitrogen and oxygen atoms in total. The van der Waals surface area contributed by atoms with Crippen molar-refractivity contribution in [2.75, 3.05) is 44.8 Å². The minimum absolute atomic E-state index is 0.0800. The second-order valence-electron chi connectivity index (χ2n) is 10.6. The summed E-state index contributed by atoms with van der Waals surface area (Å²) < 4.78 is 13.1. The summed E-state index contributed by atoms with van der Waals surface area (Å²) in [6.07, 6.45) is 2.10. The first-order valence-corrected chi connectivity index (χ1v) is 13.6. The molecule has 2 saturated heterocycles. The van der Waals surface area contributed by atoms with Crippen LogP contribution >= 0.6 is 0 Å². The molecule has 0 bridgehead atoms. The predicted octanol–water partition coefficient (Wildman–Crippen LogP) is 3.23. The summed E-state index contributed by atoms with van der Waals surface area (Å²) in [4.78, 5) is 21.4. The number of anilines is 1. The molecule has 4 heterocycles. The first-order chi connectivity index (χ1) is 19.0. The number of hydrogen-bond acceptors (Lipinski definition) is 8. The van der Waals surface area contributed by atoms with Crippen molar-refractivity contribution in [2.45, 2.75) is 45.4 Å². The van der Waals surface area contributed by atoms with Crippen molar-refractivity contribution >= 4 is 16.6 Å². The lowest BCUT2D eigenvalue weighted by molar-refractivity contribution is 0.0906. The number of aromatic nitrogens is 5. The number of tetrazole rings is 1. The van der Waals surface area contributed by atoms with Gasteiger partial charge >= 0.3 is 0 Å². The molecule has 2 aromatic heterocycles. The Morgan fingerprint density at radius 2 is 1.95 bits per heavy atom. The standard InChI is InChI=1S/C29H35N7O3/c1-19-6-7-20(2)26(15-19)34-10-12-35(13-11-34)27(28-31-32-33-36(28)18-23-5-4-14-39-23)24-16-21-8-9-22(38-3)17-25(21)30-29(24)37/h6-9,15-17,23,27H,4-5,10-14,18H2,1-3H3,(H,30,37)/t23-,27-/m1/s1. The predicted molar refractivity (Wildman–Crippen MR) is 149 cm³/mol. The van der Waals surface area contributed by atoms with E-state index in [1.54, 1.807) is 7.11 Å². The van der Waals surface area contributed by atoms with E-state index in [4.69, 9.17) is 9.47 Å². The van der Waals surface area contributed by atoms with Gasteiger partial charge in [-0.1, -0.05) is 12.1 Å². The number of nitrogens with one attached hydrogen (secondary N) is 1. The number of hydrogen-bond donors (Lipinski definition) is 1.